The van der Waals surface area contributed by atoms with E-state index in [2.05, 4.69) is 27.5 Å². The van der Waals surface area contributed by atoms with Crippen molar-refractivity contribution in [2.45, 2.75) is 50.6 Å². The molecule has 3 rings (SSSR count). The predicted molar refractivity (Wildman–Crippen MR) is 88.7 cm³/mol. The molecule has 3 atom stereocenters. The normalized spacial score (nSPS) is 36.1. The Bertz CT molecular complexity index is 295. The third kappa shape index (κ3) is 4.41. The van der Waals surface area contributed by atoms with Crippen molar-refractivity contribution in [2.75, 3.05) is 52.9 Å². The third-order valence-electron chi connectivity index (χ3n) is 5.87. The van der Waals surface area contributed by atoms with Gasteiger partial charge in [-0.1, -0.05) is 12.8 Å². The second-order valence-corrected chi connectivity index (χ2v) is 7.36. The van der Waals surface area contributed by atoms with Crippen LogP contribution in [0.1, 0.15) is 38.5 Å². The maximum absolute atomic E-state index is 3.89. The van der Waals surface area contributed by atoms with E-state index in [9.17, 15) is 0 Å². The summed E-state index contributed by atoms with van der Waals surface area (Å²) in [5, 5.41) is 7.67. The molecule has 0 amide bonds. The zero-order chi connectivity index (χ0) is 14.5. The van der Waals surface area contributed by atoms with Crippen LogP contribution in [0.2, 0.25) is 0 Å². The molecule has 2 heterocycles. The first-order chi connectivity index (χ1) is 10.3. The summed E-state index contributed by atoms with van der Waals surface area (Å²) in [6, 6.07) is 1.57. The molecule has 3 unspecified atom stereocenters. The largest absolute Gasteiger partial charge is 0.314 e. The van der Waals surface area contributed by atoms with Crippen LogP contribution in [0.3, 0.4) is 0 Å². The minimum absolute atomic E-state index is 0.771. The Labute approximate surface area is 130 Å². The summed E-state index contributed by atoms with van der Waals surface area (Å²) in [6.07, 6.45) is 8.47. The summed E-state index contributed by atoms with van der Waals surface area (Å²) in [5.74, 6) is 0.887. The van der Waals surface area contributed by atoms with Crippen LogP contribution < -0.4 is 10.6 Å². The molecular formula is C17H34N4. The summed E-state index contributed by atoms with van der Waals surface area (Å²) < 4.78 is 0. The molecule has 4 heteroatoms. The molecule has 0 bridgehead atoms. The van der Waals surface area contributed by atoms with Gasteiger partial charge in [0.2, 0.25) is 0 Å². The highest BCUT2D eigenvalue weighted by atomic mass is 15.2. The van der Waals surface area contributed by atoms with Crippen molar-refractivity contribution in [3.05, 3.63) is 0 Å². The van der Waals surface area contributed by atoms with Gasteiger partial charge < -0.3 is 15.5 Å². The molecule has 0 aromatic rings. The number of likely N-dealkylation sites (N-methyl/N-ethyl adjacent to an activating group) is 1. The molecule has 0 aromatic heterocycles. The van der Waals surface area contributed by atoms with Crippen LogP contribution in [0.4, 0.5) is 0 Å². The fourth-order valence-electron chi connectivity index (χ4n) is 4.45. The van der Waals surface area contributed by atoms with Gasteiger partial charge in [0.1, 0.15) is 0 Å². The zero-order valence-electron chi connectivity index (χ0n) is 13.8. The molecule has 2 N–H and O–H groups in total. The number of hydrogen-bond acceptors (Lipinski definition) is 4. The van der Waals surface area contributed by atoms with E-state index in [-0.39, 0.29) is 0 Å². The van der Waals surface area contributed by atoms with Crippen LogP contribution in [-0.2, 0) is 0 Å². The molecule has 1 aliphatic carbocycles. The summed E-state index contributed by atoms with van der Waals surface area (Å²) >= 11 is 0. The Morgan fingerprint density at radius 1 is 1.00 bits per heavy atom. The lowest BCUT2D eigenvalue weighted by molar-refractivity contribution is 0.151. The fraction of sp³-hybridized carbons (Fsp3) is 1.00. The number of rotatable bonds is 5. The van der Waals surface area contributed by atoms with Gasteiger partial charge in [0.15, 0.2) is 0 Å². The number of hydrogen-bond donors (Lipinski definition) is 2. The smallest absolute Gasteiger partial charge is 0.0111 e. The van der Waals surface area contributed by atoms with E-state index in [0.717, 1.165) is 18.0 Å². The van der Waals surface area contributed by atoms with Crippen LogP contribution in [0, 0.1) is 5.92 Å². The van der Waals surface area contributed by atoms with Gasteiger partial charge in [-0.05, 0) is 45.2 Å². The van der Waals surface area contributed by atoms with E-state index in [4.69, 9.17) is 0 Å². The second kappa shape index (κ2) is 7.91. The lowest BCUT2D eigenvalue weighted by atomic mass is 9.88. The highest BCUT2D eigenvalue weighted by Gasteiger charge is 2.33. The third-order valence-corrected chi connectivity index (χ3v) is 5.87. The van der Waals surface area contributed by atoms with Crippen molar-refractivity contribution in [1.82, 2.24) is 20.4 Å². The van der Waals surface area contributed by atoms with Gasteiger partial charge in [0.25, 0.3) is 0 Å². The minimum atomic E-state index is 0.771. The lowest BCUT2D eigenvalue weighted by Crippen LogP contribution is -2.50. The van der Waals surface area contributed by atoms with Gasteiger partial charge in [-0.15, -0.1) is 0 Å². The molecule has 0 radical (unpaired) electrons. The van der Waals surface area contributed by atoms with Crippen molar-refractivity contribution in [1.29, 1.82) is 0 Å². The van der Waals surface area contributed by atoms with Gasteiger partial charge in [0.05, 0.1) is 0 Å². The maximum atomic E-state index is 3.89. The first kappa shape index (κ1) is 15.7. The Balaban J connectivity index is 1.37. The Morgan fingerprint density at radius 2 is 1.86 bits per heavy atom. The SMILES string of the molecule is CN1CCN(CCNC2CCCC2C2CCCCN2)CC1. The molecule has 0 spiro atoms. The Morgan fingerprint density at radius 3 is 2.62 bits per heavy atom. The van der Waals surface area contributed by atoms with Gasteiger partial charge >= 0.3 is 0 Å². The first-order valence-electron chi connectivity index (χ1n) is 9.20. The molecule has 1 saturated carbocycles. The van der Waals surface area contributed by atoms with Crippen LogP contribution in [-0.4, -0.2) is 74.7 Å². The van der Waals surface area contributed by atoms with Crippen LogP contribution in [0.5, 0.6) is 0 Å². The van der Waals surface area contributed by atoms with E-state index in [1.807, 2.05) is 0 Å². The van der Waals surface area contributed by atoms with E-state index in [1.165, 1.54) is 84.3 Å². The van der Waals surface area contributed by atoms with Gasteiger partial charge in [-0.25, -0.2) is 0 Å². The summed E-state index contributed by atoms with van der Waals surface area (Å²) in [7, 11) is 2.23. The Hall–Kier alpha value is -0.160. The second-order valence-electron chi connectivity index (χ2n) is 7.36. The molecule has 3 fully saturated rings. The number of piperazine rings is 1. The highest BCUT2D eigenvalue weighted by molar-refractivity contribution is 4.92. The van der Waals surface area contributed by atoms with Gasteiger partial charge in [-0.3, -0.25) is 4.90 Å². The van der Waals surface area contributed by atoms with Crippen LogP contribution in [0.15, 0.2) is 0 Å². The van der Waals surface area contributed by atoms with E-state index in [0.29, 0.717) is 0 Å². The number of nitrogens with one attached hydrogen (secondary N) is 2. The van der Waals surface area contributed by atoms with Crippen molar-refractivity contribution in [2.24, 2.45) is 5.92 Å². The molecule has 21 heavy (non-hydrogen) atoms. The topological polar surface area (TPSA) is 30.5 Å². The van der Waals surface area contributed by atoms with Crippen LogP contribution >= 0.6 is 0 Å². The molecule has 2 saturated heterocycles. The molecule has 2 aliphatic heterocycles. The van der Waals surface area contributed by atoms with E-state index >= 15 is 0 Å². The first-order valence-corrected chi connectivity index (χ1v) is 9.20. The summed E-state index contributed by atoms with van der Waals surface area (Å²) in [4.78, 5) is 5.06. The summed E-state index contributed by atoms with van der Waals surface area (Å²) in [5.41, 5.74) is 0. The van der Waals surface area contributed by atoms with Crippen LogP contribution in [0.25, 0.3) is 0 Å². The number of nitrogens with zero attached hydrogens (tertiary/aromatic N) is 2. The molecule has 3 aliphatic rings. The van der Waals surface area contributed by atoms with Crippen molar-refractivity contribution < 1.29 is 0 Å². The van der Waals surface area contributed by atoms with Crippen molar-refractivity contribution in [3.8, 4) is 0 Å². The lowest BCUT2D eigenvalue weighted by Gasteiger charge is -2.35. The molecule has 4 nitrogen and oxygen atoms in total. The van der Waals surface area contributed by atoms with Crippen molar-refractivity contribution in [3.63, 3.8) is 0 Å². The maximum Gasteiger partial charge on any atom is 0.0111 e. The monoisotopic (exact) mass is 294 g/mol. The molecule has 122 valence electrons. The standard InChI is InChI=1S/C17H34N4/c1-20-11-13-21(14-12-20)10-9-19-17-7-4-5-15(17)16-6-2-3-8-18-16/h15-19H,2-14H2,1H3. The van der Waals surface area contributed by atoms with Crippen molar-refractivity contribution >= 4 is 0 Å². The Kier molecular flexibility index (Phi) is 5.92. The van der Waals surface area contributed by atoms with E-state index in [1.54, 1.807) is 0 Å². The average Bonchev–Trinajstić information content (AvgIpc) is 2.99. The molecular weight excluding hydrogens is 260 g/mol. The van der Waals surface area contributed by atoms with Gasteiger partial charge in [-0.2, -0.15) is 0 Å². The van der Waals surface area contributed by atoms with Gasteiger partial charge in [0, 0.05) is 51.4 Å². The summed E-state index contributed by atoms with van der Waals surface area (Å²) in [6.45, 7) is 8.62. The fourth-order valence-corrected chi connectivity index (χ4v) is 4.45. The highest BCUT2D eigenvalue weighted by Crippen LogP contribution is 2.31. The zero-order valence-corrected chi connectivity index (χ0v) is 13.8. The predicted octanol–water partition coefficient (Wildman–Crippen LogP) is 1.13. The quantitative estimate of drug-likeness (QED) is 0.796. The number of piperidine rings is 1. The van der Waals surface area contributed by atoms with E-state index < -0.39 is 0 Å². The molecule has 0 aromatic carbocycles. The minimum Gasteiger partial charge on any atom is -0.314 e. The average molecular weight is 294 g/mol.